The van der Waals surface area contributed by atoms with E-state index in [0.29, 0.717) is 32.8 Å². The number of hydrogen-bond acceptors (Lipinski definition) is 8. The van der Waals surface area contributed by atoms with E-state index in [1.165, 1.54) is 20.4 Å². The van der Waals surface area contributed by atoms with Crippen LogP contribution < -0.4 is 25.0 Å². The molecule has 10 nitrogen and oxygen atoms in total. The molecule has 33 heavy (non-hydrogen) atoms. The van der Waals surface area contributed by atoms with Crippen molar-refractivity contribution in [3.63, 3.8) is 0 Å². The summed E-state index contributed by atoms with van der Waals surface area (Å²) in [5, 5.41) is 6.38. The van der Waals surface area contributed by atoms with Crippen LogP contribution in [0.3, 0.4) is 0 Å². The molecule has 0 atom stereocenters. The number of halogens is 1. The number of methoxy groups -OCH3 is 2. The van der Waals surface area contributed by atoms with Gasteiger partial charge in [-0.3, -0.25) is 9.59 Å². The second kappa shape index (κ2) is 13.1. The van der Waals surface area contributed by atoms with E-state index >= 15 is 0 Å². The number of nitrogens with one attached hydrogen (secondary N) is 2. The van der Waals surface area contributed by atoms with Crippen molar-refractivity contribution in [3.8, 4) is 17.2 Å². The van der Waals surface area contributed by atoms with Gasteiger partial charge in [-0.1, -0.05) is 12.1 Å². The van der Waals surface area contributed by atoms with Crippen LogP contribution in [0, 0.1) is 0 Å². The molecule has 0 aliphatic rings. The second-order valence-electron chi connectivity index (χ2n) is 6.30. The second-order valence-corrected chi connectivity index (χ2v) is 7.16. The van der Waals surface area contributed by atoms with Crippen LogP contribution in [-0.4, -0.2) is 58.0 Å². The molecule has 0 aliphatic heterocycles. The minimum absolute atomic E-state index is 0.256. The van der Waals surface area contributed by atoms with Crippen LogP contribution in [0.4, 0.5) is 0 Å². The van der Waals surface area contributed by atoms with Gasteiger partial charge in [0.05, 0.1) is 43.6 Å². The molecular formula is C22H24BrN3O7. The summed E-state index contributed by atoms with van der Waals surface area (Å²) in [4.78, 5) is 35.7. The average molecular weight is 522 g/mol. The smallest absolute Gasteiger partial charge is 0.344 e. The molecule has 0 radical (unpaired) electrons. The minimum Gasteiger partial charge on any atom is -0.496 e. The van der Waals surface area contributed by atoms with Crippen LogP contribution in [0.15, 0.2) is 46.0 Å². The van der Waals surface area contributed by atoms with E-state index in [4.69, 9.17) is 18.9 Å². The zero-order valence-electron chi connectivity index (χ0n) is 18.3. The fourth-order valence-electron chi connectivity index (χ4n) is 2.59. The molecule has 2 rings (SSSR count). The van der Waals surface area contributed by atoms with Gasteiger partial charge < -0.3 is 24.3 Å². The van der Waals surface area contributed by atoms with E-state index in [9.17, 15) is 14.4 Å². The highest BCUT2D eigenvalue weighted by Crippen LogP contribution is 2.36. The van der Waals surface area contributed by atoms with Crippen molar-refractivity contribution in [2.45, 2.75) is 6.92 Å². The number of ether oxygens (including phenoxy) is 4. The fourth-order valence-corrected chi connectivity index (χ4v) is 3.17. The van der Waals surface area contributed by atoms with E-state index in [-0.39, 0.29) is 19.8 Å². The topological polar surface area (TPSA) is 125 Å². The molecule has 2 amide bonds. The molecule has 2 aromatic rings. The maximum Gasteiger partial charge on any atom is 0.344 e. The van der Waals surface area contributed by atoms with Crippen molar-refractivity contribution in [1.82, 2.24) is 10.7 Å². The van der Waals surface area contributed by atoms with Gasteiger partial charge in [-0.05, 0) is 52.7 Å². The molecule has 11 heteroatoms. The van der Waals surface area contributed by atoms with Crippen LogP contribution >= 0.6 is 15.9 Å². The SMILES string of the molecule is CCOC(=O)COc1c(Br)cc(C=NNC(=O)CNC(=O)c2ccccc2OC)cc1OC. The third-order valence-electron chi connectivity index (χ3n) is 4.06. The first kappa shape index (κ1) is 25.7. The number of benzene rings is 2. The van der Waals surface area contributed by atoms with E-state index in [1.807, 2.05) is 0 Å². The molecule has 2 aromatic carbocycles. The highest BCUT2D eigenvalue weighted by atomic mass is 79.9. The Labute approximate surface area is 199 Å². The Kier molecular flexibility index (Phi) is 10.2. The molecule has 0 bridgehead atoms. The van der Waals surface area contributed by atoms with Crippen LogP contribution in [-0.2, 0) is 14.3 Å². The number of carbonyl (C=O) groups excluding carboxylic acids is 3. The van der Waals surface area contributed by atoms with Gasteiger partial charge in [-0.25, -0.2) is 10.2 Å². The molecule has 0 aromatic heterocycles. The lowest BCUT2D eigenvalue weighted by atomic mass is 10.2. The minimum atomic E-state index is -0.519. The molecule has 0 saturated heterocycles. The highest BCUT2D eigenvalue weighted by Gasteiger charge is 2.14. The summed E-state index contributed by atoms with van der Waals surface area (Å²) < 4.78 is 21.2. The van der Waals surface area contributed by atoms with Gasteiger partial charge in [0, 0.05) is 0 Å². The molecule has 0 aliphatic carbocycles. The number of para-hydroxylation sites is 1. The number of esters is 1. The molecule has 0 heterocycles. The first-order valence-corrected chi connectivity index (χ1v) is 10.6. The van der Waals surface area contributed by atoms with Gasteiger partial charge >= 0.3 is 5.97 Å². The first-order chi connectivity index (χ1) is 15.9. The van der Waals surface area contributed by atoms with Gasteiger partial charge in [-0.2, -0.15) is 5.10 Å². The predicted molar refractivity (Wildman–Crippen MR) is 124 cm³/mol. The molecule has 176 valence electrons. The zero-order chi connectivity index (χ0) is 24.2. The third kappa shape index (κ3) is 7.79. The molecule has 0 unspecified atom stereocenters. The van der Waals surface area contributed by atoms with Crippen molar-refractivity contribution in [3.05, 3.63) is 52.0 Å². The van der Waals surface area contributed by atoms with Crippen LogP contribution in [0.2, 0.25) is 0 Å². The standard InChI is InChI=1S/C22H24BrN3O7/c1-4-32-20(28)13-33-21-16(23)9-14(10-18(21)31-3)11-25-26-19(27)12-24-22(29)15-7-5-6-8-17(15)30-2/h5-11H,4,12-13H2,1-3H3,(H,24,29)(H,26,27). The Balaban J connectivity index is 1.93. The Bertz CT molecular complexity index is 1030. The lowest BCUT2D eigenvalue weighted by Gasteiger charge is -2.13. The number of carbonyl (C=O) groups is 3. The number of amides is 2. The van der Waals surface area contributed by atoms with E-state index in [2.05, 4.69) is 31.8 Å². The van der Waals surface area contributed by atoms with Gasteiger partial charge in [0.2, 0.25) is 0 Å². The monoisotopic (exact) mass is 521 g/mol. The maximum atomic E-state index is 12.2. The summed E-state index contributed by atoms with van der Waals surface area (Å²) >= 11 is 3.36. The van der Waals surface area contributed by atoms with Crippen LogP contribution in [0.5, 0.6) is 17.2 Å². The zero-order valence-corrected chi connectivity index (χ0v) is 19.9. The Morgan fingerprint density at radius 1 is 1.09 bits per heavy atom. The van der Waals surface area contributed by atoms with Crippen LogP contribution in [0.25, 0.3) is 0 Å². The lowest BCUT2D eigenvalue weighted by molar-refractivity contribution is -0.145. The summed E-state index contributed by atoms with van der Waals surface area (Å²) in [6.07, 6.45) is 1.39. The lowest BCUT2D eigenvalue weighted by Crippen LogP contribution is -2.35. The largest absolute Gasteiger partial charge is 0.496 e. The summed E-state index contributed by atoms with van der Waals surface area (Å²) in [6, 6.07) is 9.96. The van der Waals surface area contributed by atoms with Crippen molar-refractivity contribution < 1.29 is 33.3 Å². The summed E-state index contributed by atoms with van der Waals surface area (Å²) in [5.74, 6) is -0.384. The maximum absolute atomic E-state index is 12.2. The molecular weight excluding hydrogens is 498 g/mol. The van der Waals surface area contributed by atoms with E-state index < -0.39 is 17.8 Å². The Morgan fingerprint density at radius 2 is 1.82 bits per heavy atom. The Morgan fingerprint density at radius 3 is 2.52 bits per heavy atom. The number of rotatable bonds is 11. The number of nitrogens with zero attached hydrogens (tertiary/aromatic N) is 1. The van der Waals surface area contributed by atoms with Gasteiger partial charge in [0.15, 0.2) is 18.1 Å². The molecule has 0 fully saturated rings. The average Bonchev–Trinajstić information content (AvgIpc) is 2.81. The normalized spacial score (nSPS) is 10.4. The first-order valence-electron chi connectivity index (χ1n) is 9.78. The predicted octanol–water partition coefficient (Wildman–Crippen LogP) is 2.29. The number of hydrazone groups is 1. The van der Waals surface area contributed by atoms with Crippen molar-refractivity contribution >= 4 is 39.9 Å². The summed E-state index contributed by atoms with van der Waals surface area (Å²) in [6.45, 7) is 1.41. The fraction of sp³-hybridized carbons (Fsp3) is 0.273. The highest BCUT2D eigenvalue weighted by molar-refractivity contribution is 9.10. The van der Waals surface area contributed by atoms with Gasteiger partial charge in [0.1, 0.15) is 5.75 Å². The quantitative estimate of drug-likeness (QED) is 0.264. The summed E-state index contributed by atoms with van der Waals surface area (Å²) in [7, 11) is 2.91. The van der Waals surface area contributed by atoms with Crippen molar-refractivity contribution in [1.29, 1.82) is 0 Å². The van der Waals surface area contributed by atoms with Crippen molar-refractivity contribution in [2.24, 2.45) is 5.10 Å². The van der Waals surface area contributed by atoms with Crippen LogP contribution in [0.1, 0.15) is 22.8 Å². The molecule has 2 N–H and O–H groups in total. The Hall–Kier alpha value is -3.60. The third-order valence-corrected chi connectivity index (χ3v) is 4.64. The van der Waals surface area contributed by atoms with Gasteiger partial charge in [-0.15, -0.1) is 0 Å². The van der Waals surface area contributed by atoms with Gasteiger partial charge in [0.25, 0.3) is 11.8 Å². The van der Waals surface area contributed by atoms with E-state index in [0.717, 1.165) is 0 Å². The molecule has 0 spiro atoms. The van der Waals surface area contributed by atoms with Crippen molar-refractivity contribution in [2.75, 3.05) is 34.0 Å². The summed E-state index contributed by atoms with van der Waals surface area (Å²) in [5.41, 5.74) is 3.23. The van der Waals surface area contributed by atoms with E-state index in [1.54, 1.807) is 43.3 Å². The molecule has 0 saturated carbocycles. The number of hydrogen-bond donors (Lipinski definition) is 2.